The Hall–Kier alpha value is -2.04. The quantitative estimate of drug-likeness (QED) is 0.179. The first-order chi connectivity index (χ1) is 22.2. The number of rotatable bonds is 15. The van der Waals surface area contributed by atoms with Crippen LogP contribution in [0.5, 0.6) is 0 Å². The maximum atomic E-state index is 15.2. The van der Waals surface area contributed by atoms with Gasteiger partial charge in [-0.15, -0.1) is 0 Å². The number of carbonyl (C=O) groups is 2. The number of halogens is 15. The number of sulfonamides is 4. The number of carbonyl (C=O) groups excluding carboxylic acids is 2. The van der Waals surface area contributed by atoms with Gasteiger partial charge in [0, 0.05) is 10.8 Å². The van der Waals surface area contributed by atoms with Gasteiger partial charge in [-0.3, -0.25) is 9.59 Å². The fraction of sp³-hybridized carbons (Fsp3) is 0.895. The van der Waals surface area contributed by atoms with Crippen molar-refractivity contribution in [1.82, 2.24) is 8.25 Å². The van der Waals surface area contributed by atoms with Gasteiger partial charge in [0.15, 0.2) is 16.3 Å². The van der Waals surface area contributed by atoms with Gasteiger partial charge in [0.05, 0.1) is 0 Å². The molecule has 0 bridgehead atoms. The second kappa shape index (κ2) is 13.0. The Morgan fingerprint density at radius 3 is 0.792 bits per heavy atom. The summed E-state index contributed by atoms with van der Waals surface area (Å²) < 4.78 is 322. The minimum atomic E-state index is -8.99. The number of hydrogen-bond donors (Lipinski definition) is 2. The fourth-order valence-electron chi connectivity index (χ4n) is 3.54. The Bertz CT molecular complexity index is 2040. The number of hydrogen-bond acceptors (Lipinski definition) is 12. The van der Waals surface area contributed by atoms with E-state index in [9.17, 15) is 109 Å². The lowest BCUT2D eigenvalue weighted by Crippen LogP contribution is -2.70. The molecule has 0 amide bonds. The van der Waals surface area contributed by atoms with E-state index in [2.05, 4.69) is 0 Å². The standard InChI is InChI=1S/C19H23F15N2O12S5/c1-10(2,3)8(37)12(7,9(38)11(4,5)6)49(39,40)15(24,25)13(20,21)16(26,27)50(41,42)35-51(43,44)17(28,29)14(22,23)18(30,31)52(45,46)36-53(47,48)19(32,33)34/h35-36H,1-7H3. The van der Waals surface area contributed by atoms with Gasteiger partial charge >= 0.3 is 48.4 Å². The van der Waals surface area contributed by atoms with Crippen molar-refractivity contribution in [3.63, 3.8) is 0 Å². The molecule has 0 saturated heterocycles. The molecule has 0 saturated carbocycles. The summed E-state index contributed by atoms with van der Waals surface area (Å²) >= 11 is 0. The number of nitrogens with one attached hydrogen (secondary N) is 2. The topological polar surface area (TPSA) is 229 Å². The molecule has 0 aromatic rings. The van der Waals surface area contributed by atoms with Gasteiger partial charge in [0.2, 0.25) is 9.84 Å². The maximum absolute atomic E-state index is 15.2. The van der Waals surface area contributed by atoms with E-state index in [1.165, 1.54) is 0 Å². The third kappa shape index (κ3) is 7.48. The van der Waals surface area contributed by atoms with E-state index >= 15 is 8.78 Å². The zero-order chi connectivity index (χ0) is 44.1. The molecule has 0 aliphatic heterocycles. The highest BCUT2D eigenvalue weighted by Gasteiger charge is 2.87. The molecule has 0 spiro atoms. The molecule has 0 unspecified atom stereocenters. The van der Waals surface area contributed by atoms with Gasteiger partial charge in [-0.05, 0) is 6.92 Å². The van der Waals surface area contributed by atoms with E-state index in [4.69, 9.17) is 0 Å². The summed E-state index contributed by atoms with van der Waals surface area (Å²) in [5.41, 5.74) is -11.8. The molecule has 0 aliphatic carbocycles. The van der Waals surface area contributed by atoms with Gasteiger partial charge in [0.1, 0.15) is 0 Å². The molecule has 0 radical (unpaired) electrons. The first-order valence-electron chi connectivity index (χ1n) is 12.5. The third-order valence-electron chi connectivity index (χ3n) is 6.32. The SMILES string of the molecule is CC(C)(C)C(=O)C(C)(C(=O)C(C)(C)C)S(=O)(=O)C(F)(F)C(F)(F)C(F)(F)S(=O)(=O)NS(=O)(=O)C(F)(F)C(F)(F)C(F)(F)S(=O)(=O)NS(=O)(=O)C(F)(F)F. The number of Topliss-reactive ketones (excluding diaryl/α,β-unsaturated/α-hetero) is 2. The van der Waals surface area contributed by atoms with E-state index < -0.39 is 124 Å². The molecular weight excluding hydrogens is 894 g/mol. The van der Waals surface area contributed by atoms with E-state index in [0.29, 0.717) is 41.5 Å². The van der Waals surface area contributed by atoms with E-state index in [-0.39, 0.29) is 6.92 Å². The summed E-state index contributed by atoms with van der Waals surface area (Å²) in [6, 6.07) is 0. The van der Waals surface area contributed by atoms with Crippen LogP contribution in [0.4, 0.5) is 65.9 Å². The Labute approximate surface area is 289 Å². The lowest BCUT2D eigenvalue weighted by Gasteiger charge is -2.40. The normalized spacial score (nSPS) is 16.4. The predicted octanol–water partition coefficient (Wildman–Crippen LogP) is 3.05. The molecule has 0 aromatic heterocycles. The average Bonchev–Trinajstić information content (AvgIpc) is 2.87. The minimum absolute atomic E-state index is 0.339. The van der Waals surface area contributed by atoms with Crippen LogP contribution >= 0.6 is 0 Å². The highest BCUT2D eigenvalue weighted by molar-refractivity contribution is 8.06. The Kier molecular flexibility index (Phi) is 12.5. The monoisotopic (exact) mass is 916 g/mol. The lowest BCUT2D eigenvalue weighted by atomic mass is 9.75. The summed E-state index contributed by atoms with van der Waals surface area (Å²) in [7, 11) is -42.3. The van der Waals surface area contributed by atoms with Crippen molar-refractivity contribution in [3.8, 4) is 0 Å². The first kappa shape index (κ1) is 51.0. The largest absolute Gasteiger partial charge is 0.512 e. The fourth-order valence-corrected chi connectivity index (χ4v) is 11.1. The molecule has 53 heavy (non-hydrogen) atoms. The molecule has 0 heterocycles. The van der Waals surface area contributed by atoms with Crippen LogP contribution < -0.4 is 8.25 Å². The molecule has 316 valence electrons. The molecule has 14 nitrogen and oxygen atoms in total. The first-order valence-corrected chi connectivity index (χ1v) is 19.9. The van der Waals surface area contributed by atoms with E-state index in [1.54, 1.807) is 0 Å². The summed E-state index contributed by atoms with van der Waals surface area (Å²) in [6.07, 6.45) is 0. The molecule has 0 fully saturated rings. The van der Waals surface area contributed by atoms with Crippen molar-refractivity contribution in [2.24, 2.45) is 10.8 Å². The van der Waals surface area contributed by atoms with Crippen molar-refractivity contribution in [2.45, 2.75) is 91.6 Å². The van der Waals surface area contributed by atoms with Crippen LogP contribution in [0.2, 0.25) is 0 Å². The van der Waals surface area contributed by atoms with Crippen molar-refractivity contribution in [2.75, 3.05) is 0 Å². The highest BCUT2D eigenvalue weighted by Crippen LogP contribution is 2.56. The molecule has 0 aliphatic rings. The van der Waals surface area contributed by atoms with Crippen LogP contribution in [-0.2, 0) is 59.5 Å². The predicted molar refractivity (Wildman–Crippen MR) is 144 cm³/mol. The molecule has 2 N–H and O–H groups in total. The number of sulfone groups is 1. The van der Waals surface area contributed by atoms with Gasteiger partial charge in [-0.25, -0.2) is 42.1 Å². The Morgan fingerprint density at radius 2 is 0.585 bits per heavy atom. The molecular formula is C19H23F15N2O12S5. The Morgan fingerprint density at radius 1 is 0.377 bits per heavy atom. The maximum Gasteiger partial charge on any atom is 0.512 e. The van der Waals surface area contributed by atoms with Crippen molar-refractivity contribution >= 4 is 61.5 Å². The van der Waals surface area contributed by atoms with Crippen LogP contribution in [0.15, 0.2) is 0 Å². The molecule has 34 heteroatoms. The average molecular weight is 917 g/mol. The van der Waals surface area contributed by atoms with Crippen LogP contribution in [-0.4, -0.2) is 96.8 Å². The van der Waals surface area contributed by atoms with Gasteiger partial charge in [-0.1, -0.05) is 49.8 Å². The zero-order valence-corrected chi connectivity index (χ0v) is 30.7. The smallest absolute Gasteiger partial charge is 0.297 e. The summed E-state index contributed by atoms with van der Waals surface area (Å²) in [6.45, 7) is 3.57. The van der Waals surface area contributed by atoms with Gasteiger partial charge in [-0.2, -0.15) is 65.9 Å². The van der Waals surface area contributed by atoms with Crippen molar-refractivity contribution < 1.29 is 118 Å². The van der Waals surface area contributed by atoms with Crippen LogP contribution in [0.3, 0.4) is 0 Å². The second-order valence-corrected chi connectivity index (χ2v) is 22.2. The van der Waals surface area contributed by atoms with Crippen LogP contribution in [0.1, 0.15) is 48.5 Å². The second-order valence-electron chi connectivity index (χ2n) is 12.5. The van der Waals surface area contributed by atoms with Gasteiger partial charge < -0.3 is 0 Å². The van der Waals surface area contributed by atoms with Crippen LogP contribution in [0, 0.1) is 10.8 Å². The molecule has 0 atom stereocenters. The van der Waals surface area contributed by atoms with Crippen molar-refractivity contribution in [1.29, 1.82) is 0 Å². The van der Waals surface area contributed by atoms with Crippen LogP contribution in [0.25, 0.3) is 0 Å². The molecule has 0 aromatic carbocycles. The summed E-state index contributed by atoms with van der Waals surface area (Å²) in [5.74, 6) is -21.4. The highest BCUT2D eigenvalue weighted by atomic mass is 32.3. The van der Waals surface area contributed by atoms with E-state index in [0.717, 1.165) is 0 Å². The summed E-state index contributed by atoms with van der Waals surface area (Å²) in [4.78, 5) is 26.0. The third-order valence-corrected chi connectivity index (χ3v) is 15.6. The number of ketones is 2. The number of alkyl halides is 15. The Balaban J connectivity index is 7.62. The molecule has 0 rings (SSSR count). The van der Waals surface area contributed by atoms with Crippen molar-refractivity contribution in [3.05, 3.63) is 0 Å². The minimum Gasteiger partial charge on any atom is -0.297 e. The summed E-state index contributed by atoms with van der Waals surface area (Å²) in [5, 5.41) is -32.8. The zero-order valence-electron chi connectivity index (χ0n) is 26.6. The van der Waals surface area contributed by atoms with Gasteiger partial charge in [0.25, 0.3) is 30.1 Å². The lowest BCUT2D eigenvalue weighted by molar-refractivity contribution is -0.245. The van der Waals surface area contributed by atoms with E-state index in [1.807, 2.05) is 0 Å².